The molecule has 0 aliphatic rings. The van der Waals surface area contributed by atoms with Crippen LogP contribution in [0.25, 0.3) is 16.9 Å². The van der Waals surface area contributed by atoms with Crippen molar-refractivity contribution in [3.05, 3.63) is 101 Å². The normalized spacial score (nSPS) is 10.7. The molecular formula is C28H27ClN4O2. The van der Waals surface area contributed by atoms with E-state index in [1.54, 1.807) is 17.0 Å². The molecule has 0 saturated carbocycles. The largest absolute Gasteiger partial charge is 0.333 e. The van der Waals surface area contributed by atoms with Crippen molar-refractivity contribution in [3.63, 3.8) is 0 Å². The molecule has 0 aliphatic heterocycles. The second-order valence-corrected chi connectivity index (χ2v) is 8.72. The first-order chi connectivity index (χ1) is 16.9. The molecule has 0 radical (unpaired) electrons. The van der Waals surface area contributed by atoms with E-state index < -0.39 is 0 Å². The zero-order valence-corrected chi connectivity index (χ0v) is 20.5. The van der Waals surface area contributed by atoms with Crippen molar-refractivity contribution < 1.29 is 9.59 Å². The van der Waals surface area contributed by atoms with E-state index in [0.717, 1.165) is 22.4 Å². The van der Waals surface area contributed by atoms with Crippen LogP contribution in [-0.4, -0.2) is 39.4 Å². The Morgan fingerprint density at radius 1 is 0.971 bits per heavy atom. The van der Waals surface area contributed by atoms with E-state index in [-0.39, 0.29) is 24.8 Å². The maximum Gasteiger partial charge on any atom is 0.246 e. The average molecular weight is 487 g/mol. The van der Waals surface area contributed by atoms with Gasteiger partial charge in [0.25, 0.3) is 0 Å². The monoisotopic (exact) mass is 486 g/mol. The summed E-state index contributed by atoms with van der Waals surface area (Å²) in [4.78, 5) is 32.0. The third-order valence-corrected chi connectivity index (χ3v) is 5.93. The number of carbonyl (C=O) groups excluding carboxylic acids is 2. The standard InChI is InChI=1S/C28H27ClN4O2/c1-3-32(27(35)17-21-7-5-4-6-8-21)19-26(34)31-28-30-25(22-11-13-23(29)14-12-22)18-33(28)24-15-9-20(2)10-16-24/h4-16,18H,3,17,19H2,1-2H3,(H,30,31,34). The number of aryl methyl sites for hydroxylation is 1. The molecular weight excluding hydrogens is 460 g/mol. The minimum atomic E-state index is -0.310. The lowest BCUT2D eigenvalue weighted by Gasteiger charge is -2.20. The Bertz CT molecular complexity index is 1300. The highest BCUT2D eigenvalue weighted by Gasteiger charge is 2.19. The molecule has 1 heterocycles. The van der Waals surface area contributed by atoms with Gasteiger partial charge in [-0.15, -0.1) is 0 Å². The highest BCUT2D eigenvalue weighted by Crippen LogP contribution is 2.25. The van der Waals surface area contributed by atoms with E-state index in [2.05, 4.69) is 10.3 Å². The van der Waals surface area contributed by atoms with Crippen LogP contribution < -0.4 is 5.32 Å². The van der Waals surface area contributed by atoms with E-state index in [4.69, 9.17) is 11.6 Å². The first-order valence-corrected chi connectivity index (χ1v) is 11.8. The van der Waals surface area contributed by atoms with Crippen LogP contribution in [0.15, 0.2) is 85.1 Å². The molecule has 1 N–H and O–H groups in total. The Balaban J connectivity index is 1.55. The lowest BCUT2D eigenvalue weighted by atomic mass is 10.1. The number of hydrogen-bond donors (Lipinski definition) is 1. The molecule has 2 amide bonds. The summed E-state index contributed by atoms with van der Waals surface area (Å²) in [7, 11) is 0. The maximum absolute atomic E-state index is 13.0. The van der Waals surface area contributed by atoms with Crippen LogP contribution in [0.4, 0.5) is 5.95 Å². The fraction of sp³-hybridized carbons (Fsp3) is 0.179. The van der Waals surface area contributed by atoms with Gasteiger partial charge in [-0.2, -0.15) is 0 Å². The summed E-state index contributed by atoms with van der Waals surface area (Å²) < 4.78 is 1.84. The minimum Gasteiger partial charge on any atom is -0.333 e. The number of likely N-dealkylation sites (N-methyl/N-ethyl adjacent to an activating group) is 1. The van der Waals surface area contributed by atoms with Gasteiger partial charge in [-0.1, -0.05) is 71.8 Å². The number of aromatic nitrogens is 2. The molecule has 3 aromatic carbocycles. The Labute approximate surface area is 210 Å². The smallest absolute Gasteiger partial charge is 0.246 e. The topological polar surface area (TPSA) is 67.2 Å². The number of hydrogen-bond acceptors (Lipinski definition) is 3. The molecule has 1 aromatic heterocycles. The Morgan fingerprint density at radius 3 is 2.31 bits per heavy atom. The molecule has 178 valence electrons. The number of benzene rings is 3. The minimum absolute atomic E-state index is 0.0563. The van der Waals surface area contributed by atoms with Gasteiger partial charge < -0.3 is 4.90 Å². The predicted molar refractivity (Wildman–Crippen MR) is 140 cm³/mol. The fourth-order valence-electron chi connectivity index (χ4n) is 3.73. The highest BCUT2D eigenvalue weighted by molar-refractivity contribution is 6.30. The summed E-state index contributed by atoms with van der Waals surface area (Å²) in [6, 6.07) is 24.8. The van der Waals surface area contributed by atoms with Crippen LogP contribution in [0.3, 0.4) is 0 Å². The van der Waals surface area contributed by atoms with Gasteiger partial charge in [-0.3, -0.25) is 19.5 Å². The summed E-state index contributed by atoms with van der Waals surface area (Å²) in [5, 5.41) is 3.54. The fourth-order valence-corrected chi connectivity index (χ4v) is 3.85. The van der Waals surface area contributed by atoms with Crippen LogP contribution >= 0.6 is 11.6 Å². The molecule has 0 unspecified atom stereocenters. The molecule has 35 heavy (non-hydrogen) atoms. The van der Waals surface area contributed by atoms with Gasteiger partial charge in [0.2, 0.25) is 17.8 Å². The molecule has 0 bridgehead atoms. The molecule has 4 rings (SSSR count). The average Bonchev–Trinajstić information content (AvgIpc) is 3.27. The van der Waals surface area contributed by atoms with Crippen LogP contribution in [0.5, 0.6) is 0 Å². The van der Waals surface area contributed by atoms with Gasteiger partial charge in [-0.05, 0) is 43.7 Å². The number of halogens is 1. The number of nitrogens with zero attached hydrogens (tertiary/aromatic N) is 3. The van der Waals surface area contributed by atoms with Gasteiger partial charge in [0.1, 0.15) is 0 Å². The molecule has 6 nitrogen and oxygen atoms in total. The molecule has 4 aromatic rings. The summed E-state index contributed by atoms with van der Waals surface area (Å²) in [6.07, 6.45) is 2.13. The Morgan fingerprint density at radius 2 is 1.66 bits per heavy atom. The van der Waals surface area contributed by atoms with E-state index in [9.17, 15) is 9.59 Å². The second-order valence-electron chi connectivity index (χ2n) is 8.28. The number of carbonyl (C=O) groups is 2. The molecule has 0 aliphatic carbocycles. The summed E-state index contributed by atoms with van der Waals surface area (Å²) in [5.74, 6) is -0.0252. The van der Waals surface area contributed by atoms with Crippen molar-refractivity contribution in [2.75, 3.05) is 18.4 Å². The van der Waals surface area contributed by atoms with Crippen molar-refractivity contribution >= 4 is 29.4 Å². The zero-order chi connectivity index (χ0) is 24.8. The summed E-state index contributed by atoms with van der Waals surface area (Å²) >= 11 is 6.04. The highest BCUT2D eigenvalue weighted by atomic mass is 35.5. The number of imidazole rings is 1. The number of amides is 2. The number of anilines is 1. The number of nitrogens with one attached hydrogen (secondary N) is 1. The maximum atomic E-state index is 13.0. The van der Waals surface area contributed by atoms with Crippen LogP contribution in [-0.2, 0) is 16.0 Å². The van der Waals surface area contributed by atoms with Crippen LogP contribution in [0.1, 0.15) is 18.1 Å². The van der Waals surface area contributed by atoms with E-state index in [1.165, 1.54) is 0 Å². The molecule has 0 spiro atoms. The summed E-state index contributed by atoms with van der Waals surface area (Å²) in [5.41, 5.74) is 4.49. The quantitative estimate of drug-likeness (QED) is 0.356. The lowest BCUT2D eigenvalue weighted by molar-refractivity contribution is -0.133. The predicted octanol–water partition coefficient (Wildman–Crippen LogP) is 5.53. The Kier molecular flexibility index (Phi) is 7.63. The van der Waals surface area contributed by atoms with Crippen molar-refractivity contribution in [2.45, 2.75) is 20.3 Å². The third kappa shape index (κ3) is 6.16. The van der Waals surface area contributed by atoms with Crippen molar-refractivity contribution in [1.82, 2.24) is 14.5 Å². The van der Waals surface area contributed by atoms with Crippen LogP contribution in [0.2, 0.25) is 5.02 Å². The van der Waals surface area contributed by atoms with E-state index >= 15 is 0 Å². The molecule has 0 fully saturated rings. The van der Waals surface area contributed by atoms with Gasteiger partial charge in [0.05, 0.1) is 18.7 Å². The second kappa shape index (κ2) is 11.0. The van der Waals surface area contributed by atoms with Gasteiger partial charge in [0, 0.05) is 29.0 Å². The first-order valence-electron chi connectivity index (χ1n) is 11.5. The summed E-state index contributed by atoms with van der Waals surface area (Å²) in [6.45, 7) is 4.26. The molecule has 0 atom stereocenters. The number of rotatable bonds is 8. The molecule has 7 heteroatoms. The van der Waals surface area contributed by atoms with Gasteiger partial charge in [-0.25, -0.2) is 4.98 Å². The first kappa shape index (κ1) is 24.2. The Hall–Kier alpha value is -3.90. The van der Waals surface area contributed by atoms with Crippen molar-refractivity contribution in [3.8, 4) is 16.9 Å². The van der Waals surface area contributed by atoms with Gasteiger partial charge >= 0.3 is 0 Å². The zero-order valence-electron chi connectivity index (χ0n) is 19.7. The van der Waals surface area contributed by atoms with Gasteiger partial charge in [0.15, 0.2) is 0 Å². The SMILES string of the molecule is CCN(CC(=O)Nc1nc(-c2ccc(Cl)cc2)cn1-c1ccc(C)cc1)C(=O)Cc1ccccc1. The van der Waals surface area contributed by atoms with Crippen LogP contribution in [0, 0.1) is 6.92 Å². The third-order valence-electron chi connectivity index (χ3n) is 5.68. The lowest BCUT2D eigenvalue weighted by Crippen LogP contribution is -2.39. The van der Waals surface area contributed by atoms with E-state index in [1.807, 2.05) is 91.3 Å². The molecule has 0 saturated heterocycles. The van der Waals surface area contributed by atoms with Crippen molar-refractivity contribution in [2.24, 2.45) is 0 Å². The van der Waals surface area contributed by atoms with Crippen molar-refractivity contribution in [1.29, 1.82) is 0 Å². The van der Waals surface area contributed by atoms with E-state index in [0.29, 0.717) is 23.2 Å².